The molecule has 0 amide bonds. The quantitative estimate of drug-likeness (QED) is 0.759. The molecule has 0 spiro atoms. The van der Waals surface area contributed by atoms with E-state index in [4.69, 9.17) is 0 Å². The van der Waals surface area contributed by atoms with E-state index >= 15 is 0 Å². The highest BCUT2D eigenvalue weighted by Gasteiger charge is 2.07. The first-order valence-electron chi connectivity index (χ1n) is 7.19. The molecule has 0 bridgehead atoms. The summed E-state index contributed by atoms with van der Waals surface area (Å²) in [6.07, 6.45) is 0.413. The molecule has 0 unspecified atom stereocenters. The molecule has 116 valence electrons. The lowest BCUT2D eigenvalue weighted by Gasteiger charge is -2.06. The predicted octanol–water partition coefficient (Wildman–Crippen LogP) is 2.51. The van der Waals surface area contributed by atoms with Gasteiger partial charge in [0, 0.05) is 18.5 Å². The fraction of sp³-hybridized carbons (Fsp3) is 0.118. The van der Waals surface area contributed by atoms with Crippen LogP contribution in [0, 0.1) is 5.82 Å². The van der Waals surface area contributed by atoms with Crippen molar-refractivity contribution in [3.8, 4) is 0 Å². The van der Waals surface area contributed by atoms with Gasteiger partial charge < -0.3 is 5.32 Å². The van der Waals surface area contributed by atoms with Crippen LogP contribution in [-0.4, -0.2) is 15.2 Å². The van der Waals surface area contributed by atoms with E-state index in [1.807, 2.05) is 30.3 Å². The van der Waals surface area contributed by atoms with Crippen LogP contribution in [0.15, 0.2) is 59.4 Å². The molecule has 0 aliphatic carbocycles. The second-order valence-electron chi connectivity index (χ2n) is 5.06. The van der Waals surface area contributed by atoms with E-state index in [1.54, 1.807) is 18.2 Å². The Hall–Kier alpha value is -3.02. The highest BCUT2D eigenvalue weighted by molar-refractivity contribution is 5.28. The molecule has 0 saturated heterocycles. The molecule has 1 aromatic heterocycles. The summed E-state index contributed by atoms with van der Waals surface area (Å²) in [5.74, 6) is -0.0916. The molecule has 2 aromatic carbocycles. The number of nitrogens with one attached hydrogen (secondary N) is 2. The smallest absolute Gasteiger partial charge is 0.274 e. The molecule has 0 aliphatic heterocycles. The Labute approximate surface area is 132 Å². The summed E-state index contributed by atoms with van der Waals surface area (Å²) in [5, 5.41) is 10.8. The lowest BCUT2D eigenvalue weighted by molar-refractivity contribution is 0.612. The average molecular weight is 310 g/mol. The lowest BCUT2D eigenvalue weighted by atomic mass is 10.1. The highest BCUT2D eigenvalue weighted by Crippen LogP contribution is 2.08. The fourth-order valence-electron chi connectivity index (χ4n) is 2.17. The van der Waals surface area contributed by atoms with Gasteiger partial charge in [-0.25, -0.2) is 4.39 Å². The van der Waals surface area contributed by atoms with Crippen molar-refractivity contribution >= 4 is 5.95 Å². The number of rotatable bonds is 5. The maximum absolute atomic E-state index is 13.5. The van der Waals surface area contributed by atoms with Gasteiger partial charge in [-0.05, 0) is 11.6 Å². The van der Waals surface area contributed by atoms with Gasteiger partial charge in [-0.3, -0.25) is 9.78 Å². The maximum Gasteiger partial charge on any atom is 0.274 e. The molecule has 0 fully saturated rings. The molecule has 0 saturated carbocycles. The van der Waals surface area contributed by atoms with E-state index in [0.29, 0.717) is 17.7 Å². The number of benzene rings is 2. The monoisotopic (exact) mass is 310 g/mol. The SMILES string of the molecule is O=c1[nH]c(NCc2ccccc2F)nnc1Cc1ccccc1. The minimum absolute atomic E-state index is 0.218. The molecule has 0 aliphatic rings. The number of aromatic amines is 1. The van der Waals surface area contributed by atoms with E-state index in [2.05, 4.69) is 20.5 Å². The fourth-order valence-corrected chi connectivity index (χ4v) is 2.17. The van der Waals surface area contributed by atoms with Crippen molar-refractivity contribution in [2.75, 3.05) is 5.32 Å². The van der Waals surface area contributed by atoms with Crippen molar-refractivity contribution in [1.29, 1.82) is 0 Å². The Balaban J connectivity index is 1.70. The number of anilines is 1. The molecule has 23 heavy (non-hydrogen) atoms. The molecule has 2 N–H and O–H groups in total. The molecule has 6 heteroatoms. The summed E-state index contributed by atoms with van der Waals surface area (Å²) in [6.45, 7) is 0.218. The molecule has 0 radical (unpaired) electrons. The summed E-state index contributed by atoms with van der Waals surface area (Å²) in [7, 11) is 0. The Morgan fingerprint density at radius 2 is 1.74 bits per heavy atom. The number of H-pyrrole nitrogens is 1. The second kappa shape index (κ2) is 6.83. The maximum atomic E-state index is 13.5. The van der Waals surface area contributed by atoms with Gasteiger partial charge >= 0.3 is 0 Å². The van der Waals surface area contributed by atoms with Crippen LogP contribution in [0.25, 0.3) is 0 Å². The van der Waals surface area contributed by atoms with Crippen LogP contribution in [0.3, 0.4) is 0 Å². The molecule has 3 aromatic rings. The van der Waals surface area contributed by atoms with Crippen molar-refractivity contribution in [1.82, 2.24) is 15.2 Å². The van der Waals surface area contributed by atoms with Gasteiger partial charge in [0.25, 0.3) is 5.56 Å². The van der Waals surface area contributed by atoms with Crippen molar-refractivity contribution < 1.29 is 4.39 Å². The molecule has 5 nitrogen and oxygen atoms in total. The van der Waals surface area contributed by atoms with Gasteiger partial charge in [0.2, 0.25) is 5.95 Å². The first-order chi connectivity index (χ1) is 11.2. The average Bonchev–Trinajstić information content (AvgIpc) is 2.57. The van der Waals surface area contributed by atoms with E-state index in [1.165, 1.54) is 6.07 Å². The zero-order chi connectivity index (χ0) is 16.1. The van der Waals surface area contributed by atoms with Crippen LogP contribution in [0.1, 0.15) is 16.8 Å². The molecule has 3 rings (SSSR count). The number of hydrogen-bond acceptors (Lipinski definition) is 4. The third-order valence-corrected chi connectivity index (χ3v) is 3.38. The number of nitrogens with zero attached hydrogens (tertiary/aromatic N) is 2. The second-order valence-corrected chi connectivity index (χ2v) is 5.06. The standard InChI is InChI=1S/C17H15FN4O/c18-14-9-5-4-8-13(14)11-19-17-20-16(23)15(21-22-17)10-12-6-2-1-3-7-12/h1-9H,10-11H2,(H2,19,20,22,23). The summed E-state index contributed by atoms with van der Waals surface area (Å²) in [5.41, 5.74) is 1.51. The van der Waals surface area contributed by atoms with Crippen LogP contribution in [0.4, 0.5) is 10.3 Å². The Kier molecular flexibility index (Phi) is 4.42. The largest absolute Gasteiger partial charge is 0.350 e. The van der Waals surface area contributed by atoms with Gasteiger partial charge in [0.1, 0.15) is 11.5 Å². The van der Waals surface area contributed by atoms with Crippen molar-refractivity contribution in [3.63, 3.8) is 0 Å². The third-order valence-electron chi connectivity index (χ3n) is 3.38. The van der Waals surface area contributed by atoms with Gasteiger partial charge in [0.05, 0.1) is 0 Å². The van der Waals surface area contributed by atoms with E-state index in [9.17, 15) is 9.18 Å². The minimum atomic E-state index is -0.309. The number of halogens is 1. The predicted molar refractivity (Wildman–Crippen MR) is 85.6 cm³/mol. The highest BCUT2D eigenvalue weighted by atomic mass is 19.1. The topological polar surface area (TPSA) is 70.7 Å². The lowest BCUT2D eigenvalue weighted by Crippen LogP contribution is -2.20. The number of aromatic nitrogens is 3. The van der Waals surface area contributed by atoms with Gasteiger partial charge in [0.15, 0.2) is 0 Å². The molecule has 1 heterocycles. The van der Waals surface area contributed by atoms with E-state index in [-0.39, 0.29) is 23.9 Å². The summed E-state index contributed by atoms with van der Waals surface area (Å²) in [6, 6.07) is 16.0. The third kappa shape index (κ3) is 3.79. The first kappa shape index (κ1) is 14.9. The van der Waals surface area contributed by atoms with Crippen LogP contribution in [0.5, 0.6) is 0 Å². The first-order valence-corrected chi connectivity index (χ1v) is 7.19. The van der Waals surface area contributed by atoms with Crippen LogP contribution in [-0.2, 0) is 13.0 Å². The van der Waals surface area contributed by atoms with E-state index in [0.717, 1.165) is 5.56 Å². The van der Waals surface area contributed by atoms with Crippen molar-refractivity contribution in [2.24, 2.45) is 0 Å². The van der Waals surface area contributed by atoms with Crippen molar-refractivity contribution in [3.05, 3.63) is 87.6 Å². The summed E-state index contributed by atoms with van der Waals surface area (Å²) < 4.78 is 13.5. The normalized spacial score (nSPS) is 10.5. The van der Waals surface area contributed by atoms with Gasteiger partial charge in [-0.1, -0.05) is 48.5 Å². The van der Waals surface area contributed by atoms with Gasteiger partial charge in [-0.15, -0.1) is 10.2 Å². The minimum Gasteiger partial charge on any atom is -0.350 e. The van der Waals surface area contributed by atoms with Crippen LogP contribution < -0.4 is 10.9 Å². The Bertz CT molecular complexity index is 848. The van der Waals surface area contributed by atoms with Gasteiger partial charge in [-0.2, -0.15) is 0 Å². The zero-order valence-corrected chi connectivity index (χ0v) is 12.3. The molecule has 0 atom stereocenters. The van der Waals surface area contributed by atoms with Crippen molar-refractivity contribution in [2.45, 2.75) is 13.0 Å². The molecular weight excluding hydrogens is 295 g/mol. The Morgan fingerprint density at radius 3 is 2.48 bits per heavy atom. The summed E-state index contributed by atoms with van der Waals surface area (Å²) in [4.78, 5) is 14.7. The van der Waals surface area contributed by atoms with E-state index < -0.39 is 0 Å². The van der Waals surface area contributed by atoms with Crippen LogP contribution in [0.2, 0.25) is 0 Å². The zero-order valence-electron chi connectivity index (χ0n) is 12.3. The Morgan fingerprint density at radius 1 is 1.00 bits per heavy atom. The molecular formula is C17H15FN4O. The summed E-state index contributed by atoms with van der Waals surface area (Å²) >= 11 is 0. The number of hydrogen-bond donors (Lipinski definition) is 2. The van der Waals surface area contributed by atoms with Crippen LogP contribution >= 0.6 is 0 Å².